The van der Waals surface area contributed by atoms with Crippen molar-refractivity contribution in [3.05, 3.63) is 56.6 Å². The van der Waals surface area contributed by atoms with Crippen molar-refractivity contribution in [1.29, 1.82) is 0 Å². The molecule has 2 atom stereocenters. The number of aromatic nitrogens is 3. The molecule has 0 bridgehead atoms. The highest BCUT2D eigenvalue weighted by Crippen LogP contribution is 2.42. The van der Waals surface area contributed by atoms with Gasteiger partial charge < -0.3 is 14.7 Å². The molecule has 25 heavy (non-hydrogen) atoms. The zero-order valence-corrected chi connectivity index (χ0v) is 14.9. The van der Waals surface area contributed by atoms with Crippen LogP contribution in [0.25, 0.3) is 0 Å². The minimum absolute atomic E-state index is 0.0553. The van der Waals surface area contributed by atoms with Crippen LogP contribution in [0, 0.1) is 10.1 Å². The number of nitrogens with zero attached hydrogens (tertiary/aromatic N) is 4. The van der Waals surface area contributed by atoms with Crippen molar-refractivity contribution >= 4 is 23.2 Å². The topological polar surface area (TPSA) is 113 Å². The van der Waals surface area contributed by atoms with Crippen molar-refractivity contribution < 1.29 is 19.8 Å². The zero-order chi connectivity index (χ0) is 18.6. The van der Waals surface area contributed by atoms with Crippen molar-refractivity contribution in [2.45, 2.75) is 38.4 Å². The Kier molecular flexibility index (Phi) is 6.17. The second kappa shape index (κ2) is 7.96. The van der Waals surface area contributed by atoms with Crippen molar-refractivity contribution in [3.8, 4) is 0 Å². The summed E-state index contributed by atoms with van der Waals surface area (Å²) in [5.74, 6) is -0.992. The Morgan fingerprint density at radius 2 is 1.96 bits per heavy atom. The fourth-order valence-corrected chi connectivity index (χ4v) is 2.99. The Morgan fingerprint density at radius 3 is 2.44 bits per heavy atom. The van der Waals surface area contributed by atoms with Crippen LogP contribution in [0.1, 0.15) is 19.4 Å². The van der Waals surface area contributed by atoms with Gasteiger partial charge in [-0.25, -0.2) is 9.67 Å². The van der Waals surface area contributed by atoms with E-state index in [0.717, 1.165) is 5.56 Å². The Morgan fingerprint density at radius 1 is 1.36 bits per heavy atom. The maximum absolute atomic E-state index is 8.36. The van der Waals surface area contributed by atoms with Gasteiger partial charge in [-0.15, -0.1) is 10.1 Å². The van der Waals surface area contributed by atoms with E-state index in [1.807, 2.05) is 19.9 Å². The lowest BCUT2D eigenvalue weighted by molar-refractivity contribution is -0.742. The minimum Gasteiger partial charge on any atom is -0.339 e. The van der Waals surface area contributed by atoms with Crippen molar-refractivity contribution in [1.82, 2.24) is 14.8 Å². The Labute approximate surface area is 153 Å². The predicted molar refractivity (Wildman–Crippen MR) is 88.0 cm³/mol. The van der Waals surface area contributed by atoms with Crippen LogP contribution in [0.4, 0.5) is 0 Å². The lowest BCUT2D eigenvalue weighted by atomic mass is 10.1. The number of halogens is 2. The second-order valence-electron chi connectivity index (χ2n) is 5.35. The molecule has 0 aliphatic carbocycles. The fraction of sp³-hybridized carbons (Fsp3) is 0.429. The van der Waals surface area contributed by atoms with Gasteiger partial charge in [0.2, 0.25) is 5.79 Å². The van der Waals surface area contributed by atoms with E-state index in [2.05, 4.69) is 10.1 Å². The largest absolute Gasteiger partial charge is 0.339 e. The van der Waals surface area contributed by atoms with Crippen LogP contribution in [0.15, 0.2) is 30.9 Å². The summed E-state index contributed by atoms with van der Waals surface area (Å²) in [7, 11) is 0. The quantitative estimate of drug-likeness (QED) is 0.632. The van der Waals surface area contributed by atoms with E-state index in [4.69, 9.17) is 48.0 Å². The first-order valence-corrected chi connectivity index (χ1v) is 7.96. The maximum atomic E-state index is 8.36. The summed E-state index contributed by atoms with van der Waals surface area (Å²) in [5.41, 5.74) is 0.736. The molecule has 9 nitrogen and oxygen atoms in total. The monoisotopic (exact) mass is 390 g/mol. The third-order valence-corrected chi connectivity index (χ3v) is 4.14. The summed E-state index contributed by atoms with van der Waals surface area (Å²) in [6.07, 6.45) is 2.98. The third kappa shape index (κ3) is 4.79. The Balaban J connectivity index is 0.000000511. The molecule has 0 amide bonds. The van der Waals surface area contributed by atoms with Crippen LogP contribution in [0.3, 0.4) is 0 Å². The van der Waals surface area contributed by atoms with Gasteiger partial charge in [0.05, 0.1) is 17.2 Å². The highest BCUT2D eigenvalue weighted by atomic mass is 35.5. The van der Waals surface area contributed by atoms with Crippen molar-refractivity contribution in [2.75, 3.05) is 0 Å². The molecular weight excluding hydrogens is 375 g/mol. The molecule has 1 aliphatic rings. The van der Waals surface area contributed by atoms with Gasteiger partial charge in [0, 0.05) is 10.6 Å². The normalized spacial score (nSPS) is 25.3. The second-order valence-corrected chi connectivity index (χ2v) is 6.20. The van der Waals surface area contributed by atoms with Gasteiger partial charge >= 0.3 is 0 Å². The van der Waals surface area contributed by atoms with Crippen LogP contribution in [-0.2, 0) is 21.8 Å². The summed E-state index contributed by atoms with van der Waals surface area (Å²) in [4.78, 5) is 12.3. The molecule has 1 saturated heterocycles. The molecule has 1 aliphatic heterocycles. The first kappa shape index (κ1) is 19.4. The molecule has 0 spiro atoms. The van der Waals surface area contributed by atoms with E-state index in [0.29, 0.717) is 16.6 Å². The number of hydrogen-bond acceptors (Lipinski definition) is 6. The summed E-state index contributed by atoms with van der Waals surface area (Å²) < 4.78 is 13.9. The van der Waals surface area contributed by atoms with E-state index in [1.54, 1.807) is 23.1 Å². The molecule has 1 aromatic heterocycles. The molecular formula is C14H16Cl2N4O5. The van der Waals surface area contributed by atoms with Gasteiger partial charge in [-0.2, -0.15) is 5.10 Å². The maximum Gasteiger partial charge on any atom is 0.291 e. The van der Waals surface area contributed by atoms with Crippen LogP contribution in [0.2, 0.25) is 10.0 Å². The van der Waals surface area contributed by atoms with Crippen LogP contribution < -0.4 is 0 Å². The molecule has 2 aromatic rings. The first-order chi connectivity index (χ1) is 11.7. The van der Waals surface area contributed by atoms with Crippen molar-refractivity contribution in [2.24, 2.45) is 0 Å². The van der Waals surface area contributed by atoms with Crippen LogP contribution in [0.5, 0.6) is 0 Å². The van der Waals surface area contributed by atoms with Gasteiger partial charge in [0.1, 0.15) is 19.2 Å². The van der Waals surface area contributed by atoms with Gasteiger partial charge in [-0.1, -0.05) is 29.3 Å². The molecule has 0 saturated carbocycles. The third-order valence-electron chi connectivity index (χ3n) is 3.59. The summed E-state index contributed by atoms with van der Waals surface area (Å²) in [5, 5.41) is 18.8. The van der Waals surface area contributed by atoms with Crippen LogP contribution >= 0.6 is 23.2 Å². The van der Waals surface area contributed by atoms with Crippen molar-refractivity contribution in [3.63, 3.8) is 0 Å². The highest BCUT2D eigenvalue weighted by Gasteiger charge is 2.47. The van der Waals surface area contributed by atoms with E-state index in [9.17, 15) is 0 Å². The van der Waals surface area contributed by atoms with Gasteiger partial charge in [-0.3, -0.25) is 0 Å². The lowest BCUT2D eigenvalue weighted by Crippen LogP contribution is -2.34. The summed E-state index contributed by atoms with van der Waals surface area (Å²) >= 11 is 12.3. The summed E-state index contributed by atoms with van der Waals surface area (Å²) in [6, 6.07) is 5.28. The molecule has 11 heteroatoms. The smallest absolute Gasteiger partial charge is 0.291 e. The number of benzene rings is 1. The Hall–Kier alpha value is -1.94. The van der Waals surface area contributed by atoms with Gasteiger partial charge in [0.15, 0.2) is 0 Å². The predicted octanol–water partition coefficient (Wildman–Crippen LogP) is 2.91. The van der Waals surface area contributed by atoms with E-state index < -0.39 is 10.9 Å². The molecule has 2 heterocycles. The lowest BCUT2D eigenvalue weighted by Gasteiger charge is -2.29. The van der Waals surface area contributed by atoms with Gasteiger partial charge in [0.25, 0.3) is 5.09 Å². The molecule has 136 valence electrons. The SMILES string of the molecule is CC1OC(Cn2cncn2)(c2ccc(Cl)cc2Cl)OC1C.O=[N+]([O-])O. The molecule has 0 radical (unpaired) electrons. The number of rotatable bonds is 3. The number of ether oxygens (including phenoxy) is 2. The van der Waals surface area contributed by atoms with E-state index in [-0.39, 0.29) is 12.2 Å². The highest BCUT2D eigenvalue weighted by molar-refractivity contribution is 6.35. The van der Waals surface area contributed by atoms with Gasteiger partial charge in [-0.05, 0) is 26.0 Å². The molecule has 1 N–H and O–H groups in total. The average Bonchev–Trinajstić information content (AvgIpc) is 3.08. The van der Waals surface area contributed by atoms with Crippen LogP contribution in [-0.4, -0.2) is 37.3 Å². The first-order valence-electron chi connectivity index (χ1n) is 7.20. The molecule has 1 fully saturated rings. The molecule has 2 unspecified atom stereocenters. The Bertz CT molecular complexity index is 714. The summed E-state index contributed by atoms with van der Waals surface area (Å²) in [6.45, 7) is 4.30. The van der Waals surface area contributed by atoms with E-state index >= 15 is 0 Å². The fourth-order valence-electron chi connectivity index (χ4n) is 2.43. The standard InChI is InChI=1S/C14H15Cl2N3O2.HNO3/c1-9-10(2)21-14(20-9,6-19-8-17-7-18-19)12-4-3-11(15)5-13(12)16;2-1(3)4/h3-5,7-10H,6H2,1-2H3;(H,2,3,4). The van der Waals surface area contributed by atoms with E-state index in [1.165, 1.54) is 6.33 Å². The molecule has 1 aromatic carbocycles. The average molecular weight is 391 g/mol. The minimum atomic E-state index is -1.50. The number of hydrogen-bond donors (Lipinski definition) is 1. The zero-order valence-electron chi connectivity index (χ0n) is 13.4. The molecule has 3 rings (SSSR count).